The van der Waals surface area contributed by atoms with Crippen molar-refractivity contribution >= 4 is 22.7 Å². The molecule has 33 heavy (non-hydrogen) atoms. The average molecular weight is 449 g/mol. The monoisotopic (exact) mass is 448 g/mol. The number of carboxylic acids is 2. The van der Waals surface area contributed by atoms with Crippen LogP contribution in [-0.2, 0) is 29.5 Å². The maximum absolute atomic E-state index is 11.9. The summed E-state index contributed by atoms with van der Waals surface area (Å²) < 4.78 is 1.81. The van der Waals surface area contributed by atoms with Gasteiger partial charge in [0.1, 0.15) is 0 Å². The van der Waals surface area contributed by atoms with Gasteiger partial charge < -0.3 is 20.1 Å². The molecule has 2 aromatic carbocycles. The van der Waals surface area contributed by atoms with E-state index in [9.17, 15) is 14.4 Å². The summed E-state index contributed by atoms with van der Waals surface area (Å²) in [6.07, 6.45) is 5.41. The van der Waals surface area contributed by atoms with E-state index in [2.05, 4.69) is 47.8 Å². The van der Waals surface area contributed by atoms with Crippen LogP contribution in [-0.4, -0.2) is 33.3 Å². The molecule has 1 aliphatic rings. The highest BCUT2D eigenvalue weighted by molar-refractivity contribution is 5.89. The summed E-state index contributed by atoms with van der Waals surface area (Å²) in [6, 6.07) is 19.2. The zero-order valence-corrected chi connectivity index (χ0v) is 18.5. The number of hydrogen-bond acceptors (Lipinski definition) is 4. The largest absolute Gasteiger partial charge is 0.478 e. The summed E-state index contributed by atoms with van der Waals surface area (Å²) in [4.78, 5) is 31.0. The van der Waals surface area contributed by atoms with E-state index in [0.717, 1.165) is 32.2 Å². The maximum Gasteiger partial charge on any atom is 0.328 e. The van der Waals surface area contributed by atoms with Gasteiger partial charge in [0, 0.05) is 37.0 Å². The number of carboxylic acid groups (broad SMARTS) is 2. The topological polar surface area (TPSA) is 109 Å². The molecule has 1 aliphatic carbocycles. The van der Waals surface area contributed by atoms with Gasteiger partial charge in [-0.05, 0) is 54.1 Å². The molecule has 4 rings (SSSR count). The summed E-state index contributed by atoms with van der Waals surface area (Å²) in [7, 11) is 1.89. The van der Waals surface area contributed by atoms with Crippen LogP contribution in [0.3, 0.4) is 0 Å². The van der Waals surface area contributed by atoms with E-state index in [1.807, 2.05) is 17.7 Å². The van der Waals surface area contributed by atoms with Gasteiger partial charge >= 0.3 is 11.9 Å². The predicted octanol–water partition coefficient (Wildman–Crippen LogP) is 3.46. The molecule has 0 amide bonds. The number of benzene rings is 2. The van der Waals surface area contributed by atoms with Gasteiger partial charge in [0.25, 0.3) is 0 Å². The van der Waals surface area contributed by atoms with E-state index in [-0.39, 0.29) is 5.56 Å². The SMILES string of the molecule is Cn1c2c(ccc1=O)C(NCCc1cccc3ccccc13)CCC2.O=C(O)/C=C/C(=O)O. The number of fused-ring (bicyclic) bond motifs is 2. The first-order chi connectivity index (χ1) is 15.9. The van der Waals surface area contributed by atoms with Crippen molar-refractivity contribution in [1.82, 2.24) is 9.88 Å². The van der Waals surface area contributed by atoms with Crippen molar-refractivity contribution in [2.75, 3.05) is 6.54 Å². The Hall–Kier alpha value is -3.71. The second-order valence-electron chi connectivity index (χ2n) is 7.93. The van der Waals surface area contributed by atoms with Crippen LogP contribution in [0.2, 0.25) is 0 Å². The molecule has 0 aliphatic heterocycles. The van der Waals surface area contributed by atoms with Gasteiger partial charge in [0.05, 0.1) is 0 Å². The van der Waals surface area contributed by atoms with E-state index >= 15 is 0 Å². The summed E-state index contributed by atoms with van der Waals surface area (Å²) in [5.74, 6) is -2.51. The molecule has 0 saturated carbocycles. The molecule has 7 nitrogen and oxygen atoms in total. The molecule has 1 unspecified atom stereocenters. The van der Waals surface area contributed by atoms with Gasteiger partial charge in [-0.3, -0.25) is 4.79 Å². The molecule has 0 saturated heterocycles. The highest BCUT2D eigenvalue weighted by Crippen LogP contribution is 2.28. The Morgan fingerprint density at radius 3 is 2.45 bits per heavy atom. The van der Waals surface area contributed by atoms with E-state index in [0.29, 0.717) is 18.2 Å². The molecule has 0 radical (unpaired) electrons. The van der Waals surface area contributed by atoms with Crippen LogP contribution in [0.5, 0.6) is 0 Å². The quantitative estimate of drug-likeness (QED) is 0.499. The third-order valence-corrected chi connectivity index (χ3v) is 5.79. The minimum absolute atomic E-state index is 0.0927. The van der Waals surface area contributed by atoms with Crippen LogP contribution in [0.25, 0.3) is 10.8 Å². The lowest BCUT2D eigenvalue weighted by Gasteiger charge is -2.28. The van der Waals surface area contributed by atoms with E-state index in [1.165, 1.54) is 27.6 Å². The van der Waals surface area contributed by atoms with E-state index in [4.69, 9.17) is 10.2 Å². The second kappa shape index (κ2) is 11.2. The number of carbonyl (C=O) groups is 2. The van der Waals surface area contributed by atoms with Crippen LogP contribution < -0.4 is 10.9 Å². The van der Waals surface area contributed by atoms with Crippen LogP contribution in [0.4, 0.5) is 0 Å². The zero-order valence-electron chi connectivity index (χ0n) is 18.5. The Morgan fingerprint density at radius 2 is 1.73 bits per heavy atom. The average Bonchev–Trinajstić information content (AvgIpc) is 2.81. The lowest BCUT2D eigenvalue weighted by atomic mass is 9.90. The van der Waals surface area contributed by atoms with Crippen LogP contribution in [0, 0.1) is 0 Å². The number of hydrogen-bond donors (Lipinski definition) is 3. The molecule has 1 heterocycles. The molecule has 3 N–H and O–H groups in total. The summed E-state index contributed by atoms with van der Waals surface area (Å²) in [6.45, 7) is 0.945. The fraction of sp³-hybridized carbons (Fsp3) is 0.269. The highest BCUT2D eigenvalue weighted by Gasteiger charge is 2.21. The lowest BCUT2D eigenvalue weighted by Crippen LogP contribution is -2.31. The summed E-state index contributed by atoms with van der Waals surface area (Å²) in [5, 5.41) is 22.0. The molecule has 172 valence electrons. The standard InChI is InChI=1S/C22H24N2O.C4H4O4/c1-24-21-11-5-10-20(19(21)12-13-22(24)25)23-15-14-17-8-4-7-16-6-2-3-9-18(16)17;5-3(6)1-2-4(7)8/h2-4,6-9,12-13,20,23H,5,10-11,14-15H2,1H3;1-2H,(H,5,6)(H,7,8)/b;2-1+. The molecule has 0 fully saturated rings. The van der Waals surface area contributed by atoms with Crippen molar-refractivity contribution < 1.29 is 19.8 Å². The lowest BCUT2D eigenvalue weighted by molar-refractivity contribution is -0.134. The third-order valence-electron chi connectivity index (χ3n) is 5.79. The Kier molecular flexibility index (Phi) is 8.16. The Bertz CT molecular complexity index is 1210. The van der Waals surface area contributed by atoms with Crippen molar-refractivity contribution in [3.8, 4) is 0 Å². The molecule has 3 aromatic rings. The molecule has 1 aromatic heterocycles. The summed E-state index contributed by atoms with van der Waals surface area (Å²) in [5.41, 5.74) is 3.98. The van der Waals surface area contributed by atoms with Crippen molar-refractivity contribution in [3.63, 3.8) is 0 Å². The first-order valence-electron chi connectivity index (χ1n) is 10.9. The first kappa shape index (κ1) is 23.9. The molecular weight excluding hydrogens is 420 g/mol. The van der Waals surface area contributed by atoms with Gasteiger partial charge in [-0.25, -0.2) is 9.59 Å². The molecule has 1 atom stereocenters. The van der Waals surface area contributed by atoms with E-state index in [1.54, 1.807) is 6.07 Å². The Morgan fingerprint density at radius 1 is 1.03 bits per heavy atom. The van der Waals surface area contributed by atoms with Crippen LogP contribution in [0.1, 0.15) is 35.7 Å². The number of aromatic nitrogens is 1. The maximum atomic E-state index is 11.9. The normalized spacial score (nSPS) is 15.0. The van der Waals surface area contributed by atoms with Crippen molar-refractivity contribution in [2.45, 2.75) is 31.7 Å². The molecule has 7 heteroatoms. The Balaban J connectivity index is 0.000000331. The van der Waals surface area contributed by atoms with Gasteiger partial charge in [-0.2, -0.15) is 0 Å². The smallest absolute Gasteiger partial charge is 0.328 e. The third kappa shape index (κ3) is 6.40. The number of aliphatic carboxylic acids is 2. The molecular formula is C26H28N2O5. The van der Waals surface area contributed by atoms with E-state index < -0.39 is 11.9 Å². The summed E-state index contributed by atoms with van der Waals surface area (Å²) >= 11 is 0. The minimum atomic E-state index is -1.26. The van der Waals surface area contributed by atoms with Gasteiger partial charge in [-0.1, -0.05) is 48.5 Å². The Labute approximate surface area is 192 Å². The van der Waals surface area contributed by atoms with Gasteiger partial charge in [-0.15, -0.1) is 0 Å². The van der Waals surface area contributed by atoms with Crippen molar-refractivity contribution in [2.24, 2.45) is 7.05 Å². The predicted molar refractivity (Wildman–Crippen MR) is 127 cm³/mol. The first-order valence-corrected chi connectivity index (χ1v) is 10.9. The number of pyridine rings is 1. The van der Waals surface area contributed by atoms with Crippen LogP contribution >= 0.6 is 0 Å². The van der Waals surface area contributed by atoms with Crippen LogP contribution in [0.15, 0.2) is 71.5 Å². The van der Waals surface area contributed by atoms with Gasteiger partial charge in [0.15, 0.2) is 0 Å². The number of nitrogens with zero attached hydrogens (tertiary/aromatic N) is 1. The molecule has 0 spiro atoms. The molecule has 0 bridgehead atoms. The highest BCUT2D eigenvalue weighted by atomic mass is 16.4. The fourth-order valence-corrected chi connectivity index (χ4v) is 4.20. The second-order valence-corrected chi connectivity index (χ2v) is 7.93. The zero-order chi connectivity index (χ0) is 23.8. The van der Waals surface area contributed by atoms with Gasteiger partial charge in [0.2, 0.25) is 5.56 Å². The van der Waals surface area contributed by atoms with Crippen molar-refractivity contribution in [1.29, 1.82) is 0 Å². The minimum Gasteiger partial charge on any atom is -0.478 e. The number of rotatable bonds is 6. The van der Waals surface area contributed by atoms with Crippen molar-refractivity contribution in [3.05, 3.63) is 93.9 Å². The fourth-order valence-electron chi connectivity index (χ4n) is 4.20. The number of nitrogens with one attached hydrogen (secondary N) is 1.